The minimum absolute atomic E-state index is 0.181. The van der Waals surface area contributed by atoms with Crippen LogP contribution >= 0.6 is 11.3 Å². The van der Waals surface area contributed by atoms with E-state index in [0.717, 1.165) is 6.54 Å². The SMILES string of the molecule is Cc1ccc(C)c(C(C)NCC(C)(C)c2cccs2)c1. The van der Waals surface area contributed by atoms with Crippen LogP contribution in [0.4, 0.5) is 0 Å². The van der Waals surface area contributed by atoms with Gasteiger partial charge in [0.25, 0.3) is 0 Å². The molecule has 0 fully saturated rings. The molecule has 108 valence electrons. The standard InChI is InChI=1S/C18H25NS/c1-13-8-9-14(2)16(11-13)15(3)19-12-18(4,5)17-7-6-10-20-17/h6-11,15,19H,12H2,1-5H3. The fourth-order valence-corrected chi connectivity index (χ4v) is 3.35. The summed E-state index contributed by atoms with van der Waals surface area (Å²) in [5.41, 5.74) is 4.29. The summed E-state index contributed by atoms with van der Waals surface area (Å²) >= 11 is 1.84. The molecule has 1 N–H and O–H groups in total. The first-order valence-electron chi connectivity index (χ1n) is 7.25. The Morgan fingerprint density at radius 3 is 2.60 bits per heavy atom. The Kier molecular flexibility index (Phi) is 4.66. The molecule has 0 bridgehead atoms. The molecule has 0 saturated heterocycles. The van der Waals surface area contributed by atoms with Gasteiger partial charge in [-0.3, -0.25) is 0 Å². The maximum absolute atomic E-state index is 3.70. The Morgan fingerprint density at radius 1 is 1.20 bits per heavy atom. The first-order valence-corrected chi connectivity index (χ1v) is 8.12. The lowest BCUT2D eigenvalue weighted by Gasteiger charge is -2.27. The Balaban J connectivity index is 2.05. The summed E-state index contributed by atoms with van der Waals surface area (Å²) in [4.78, 5) is 1.44. The predicted molar refractivity (Wildman–Crippen MR) is 89.7 cm³/mol. The number of benzene rings is 1. The van der Waals surface area contributed by atoms with Crippen LogP contribution in [0, 0.1) is 13.8 Å². The van der Waals surface area contributed by atoms with Gasteiger partial charge >= 0.3 is 0 Å². The van der Waals surface area contributed by atoms with Crippen LogP contribution in [0.5, 0.6) is 0 Å². The summed E-state index contributed by atoms with van der Waals surface area (Å²) in [5, 5.41) is 5.86. The van der Waals surface area contributed by atoms with Crippen molar-refractivity contribution in [2.75, 3.05) is 6.54 Å². The average molecular weight is 287 g/mol. The van der Waals surface area contributed by atoms with Crippen LogP contribution in [0.1, 0.15) is 48.4 Å². The molecular formula is C18H25NS. The average Bonchev–Trinajstić information content (AvgIpc) is 2.93. The number of hydrogen-bond donors (Lipinski definition) is 1. The molecule has 0 amide bonds. The monoisotopic (exact) mass is 287 g/mol. The maximum atomic E-state index is 3.70. The highest BCUT2D eigenvalue weighted by atomic mass is 32.1. The van der Waals surface area contributed by atoms with Gasteiger partial charge in [-0.05, 0) is 43.3 Å². The minimum Gasteiger partial charge on any atom is -0.309 e. The molecule has 1 nitrogen and oxygen atoms in total. The molecule has 2 rings (SSSR count). The van der Waals surface area contributed by atoms with E-state index >= 15 is 0 Å². The highest BCUT2D eigenvalue weighted by Gasteiger charge is 2.22. The lowest BCUT2D eigenvalue weighted by molar-refractivity contribution is 0.440. The Morgan fingerprint density at radius 2 is 1.95 bits per heavy atom. The van der Waals surface area contributed by atoms with Crippen molar-refractivity contribution in [2.24, 2.45) is 0 Å². The first-order chi connectivity index (χ1) is 9.40. The summed E-state index contributed by atoms with van der Waals surface area (Å²) in [6.45, 7) is 12.2. The van der Waals surface area contributed by atoms with Crippen LogP contribution in [0.2, 0.25) is 0 Å². The fourth-order valence-electron chi connectivity index (χ4n) is 2.50. The van der Waals surface area contributed by atoms with E-state index in [-0.39, 0.29) is 5.41 Å². The van der Waals surface area contributed by atoms with Crippen LogP contribution in [0.3, 0.4) is 0 Å². The van der Waals surface area contributed by atoms with Crippen LogP contribution < -0.4 is 5.32 Å². The van der Waals surface area contributed by atoms with Crippen LogP contribution in [-0.4, -0.2) is 6.54 Å². The van der Waals surface area contributed by atoms with Crippen LogP contribution in [0.15, 0.2) is 35.7 Å². The van der Waals surface area contributed by atoms with E-state index in [1.807, 2.05) is 11.3 Å². The summed E-state index contributed by atoms with van der Waals surface area (Å²) < 4.78 is 0. The van der Waals surface area contributed by atoms with E-state index in [0.29, 0.717) is 6.04 Å². The van der Waals surface area contributed by atoms with Crippen molar-refractivity contribution in [3.63, 3.8) is 0 Å². The van der Waals surface area contributed by atoms with Crippen molar-refractivity contribution in [2.45, 2.75) is 46.1 Å². The molecule has 0 aliphatic carbocycles. The van der Waals surface area contributed by atoms with Crippen LogP contribution in [0.25, 0.3) is 0 Å². The predicted octanol–water partition coefficient (Wildman–Crippen LogP) is 4.99. The third-order valence-electron chi connectivity index (χ3n) is 3.94. The largest absolute Gasteiger partial charge is 0.309 e. The lowest BCUT2D eigenvalue weighted by Crippen LogP contribution is -2.34. The van der Waals surface area contributed by atoms with E-state index in [1.54, 1.807) is 0 Å². The number of hydrogen-bond acceptors (Lipinski definition) is 2. The zero-order chi connectivity index (χ0) is 14.8. The molecule has 20 heavy (non-hydrogen) atoms. The molecule has 0 radical (unpaired) electrons. The topological polar surface area (TPSA) is 12.0 Å². The summed E-state index contributed by atoms with van der Waals surface area (Å²) in [6, 6.07) is 11.4. The Bertz CT molecular complexity index is 555. The number of thiophene rings is 1. The molecule has 0 spiro atoms. The zero-order valence-electron chi connectivity index (χ0n) is 13.2. The van der Waals surface area contributed by atoms with E-state index in [2.05, 4.69) is 75.6 Å². The van der Waals surface area contributed by atoms with E-state index in [4.69, 9.17) is 0 Å². The molecule has 1 unspecified atom stereocenters. The van der Waals surface area contributed by atoms with Gasteiger partial charge in [0, 0.05) is 22.9 Å². The van der Waals surface area contributed by atoms with Crippen LogP contribution in [-0.2, 0) is 5.41 Å². The quantitative estimate of drug-likeness (QED) is 0.816. The number of nitrogens with one attached hydrogen (secondary N) is 1. The van der Waals surface area contributed by atoms with Gasteiger partial charge in [-0.25, -0.2) is 0 Å². The molecular weight excluding hydrogens is 262 g/mol. The van der Waals surface area contributed by atoms with E-state index in [9.17, 15) is 0 Å². The zero-order valence-corrected chi connectivity index (χ0v) is 14.0. The van der Waals surface area contributed by atoms with Crippen molar-refractivity contribution >= 4 is 11.3 Å². The molecule has 1 aromatic carbocycles. The van der Waals surface area contributed by atoms with Crippen molar-refractivity contribution in [1.29, 1.82) is 0 Å². The number of aryl methyl sites for hydroxylation is 2. The molecule has 2 heteroatoms. The summed E-state index contributed by atoms with van der Waals surface area (Å²) in [5.74, 6) is 0. The lowest BCUT2D eigenvalue weighted by atomic mass is 9.90. The maximum Gasteiger partial charge on any atom is 0.0294 e. The number of rotatable bonds is 5. The van der Waals surface area contributed by atoms with Crippen molar-refractivity contribution in [3.05, 3.63) is 57.3 Å². The molecule has 2 aromatic rings. The first kappa shape index (κ1) is 15.3. The van der Waals surface area contributed by atoms with Crippen molar-refractivity contribution in [1.82, 2.24) is 5.32 Å². The minimum atomic E-state index is 0.181. The second-order valence-electron chi connectivity index (χ2n) is 6.32. The second kappa shape index (κ2) is 6.11. The third-order valence-corrected chi connectivity index (χ3v) is 5.18. The van der Waals surface area contributed by atoms with E-state index < -0.39 is 0 Å². The second-order valence-corrected chi connectivity index (χ2v) is 7.27. The molecule has 1 heterocycles. The fraction of sp³-hybridized carbons (Fsp3) is 0.444. The van der Waals surface area contributed by atoms with Gasteiger partial charge < -0.3 is 5.32 Å². The normalized spacial score (nSPS) is 13.4. The van der Waals surface area contributed by atoms with Gasteiger partial charge in [0.15, 0.2) is 0 Å². The molecule has 1 atom stereocenters. The molecule has 0 saturated carbocycles. The molecule has 0 aliphatic heterocycles. The van der Waals surface area contributed by atoms with Gasteiger partial charge in [-0.1, -0.05) is 43.7 Å². The van der Waals surface area contributed by atoms with Crippen molar-refractivity contribution in [3.8, 4) is 0 Å². The van der Waals surface area contributed by atoms with Gasteiger partial charge in [0.1, 0.15) is 0 Å². The molecule has 1 aromatic heterocycles. The van der Waals surface area contributed by atoms with Gasteiger partial charge in [0.2, 0.25) is 0 Å². The Hall–Kier alpha value is -1.12. The molecule has 0 aliphatic rings. The van der Waals surface area contributed by atoms with Gasteiger partial charge in [-0.2, -0.15) is 0 Å². The van der Waals surface area contributed by atoms with Crippen molar-refractivity contribution < 1.29 is 0 Å². The van der Waals surface area contributed by atoms with Gasteiger partial charge in [0.05, 0.1) is 0 Å². The smallest absolute Gasteiger partial charge is 0.0294 e. The highest BCUT2D eigenvalue weighted by Crippen LogP contribution is 2.28. The summed E-state index contributed by atoms with van der Waals surface area (Å²) in [7, 11) is 0. The van der Waals surface area contributed by atoms with Gasteiger partial charge in [-0.15, -0.1) is 11.3 Å². The Labute approximate surface area is 127 Å². The van der Waals surface area contributed by atoms with E-state index in [1.165, 1.54) is 21.6 Å². The highest BCUT2D eigenvalue weighted by molar-refractivity contribution is 7.10. The third kappa shape index (κ3) is 3.50. The summed E-state index contributed by atoms with van der Waals surface area (Å²) in [6.07, 6.45) is 0.